The van der Waals surface area contributed by atoms with E-state index < -0.39 is 5.97 Å². The molecule has 1 aromatic carbocycles. The van der Waals surface area contributed by atoms with Gasteiger partial charge in [-0.1, -0.05) is 18.2 Å². The molecule has 1 N–H and O–H groups in total. The van der Waals surface area contributed by atoms with Crippen LogP contribution in [0.2, 0.25) is 0 Å². The molecule has 0 saturated heterocycles. The van der Waals surface area contributed by atoms with Gasteiger partial charge in [-0.05, 0) is 32.9 Å². The summed E-state index contributed by atoms with van der Waals surface area (Å²) in [5, 5.41) is 10.0. The first-order valence-corrected chi connectivity index (χ1v) is 6.30. The fourth-order valence-electron chi connectivity index (χ4n) is 2.00. The lowest BCUT2D eigenvalue weighted by atomic mass is 10.1. The number of fused-ring (bicyclic) bond motifs is 1. The van der Waals surface area contributed by atoms with Crippen LogP contribution >= 0.6 is 0 Å². The number of nitrogens with zero attached hydrogens (tertiary/aromatic N) is 1. The number of carbonyl (C=O) groups is 1. The fraction of sp³-hybridized carbons (Fsp3) is 0.400. The number of carboxylic acids is 1. The summed E-state index contributed by atoms with van der Waals surface area (Å²) in [4.78, 5) is 12.8. The molecule has 2 aromatic rings. The van der Waals surface area contributed by atoms with Gasteiger partial charge in [0.1, 0.15) is 11.3 Å². The zero-order chi connectivity index (χ0) is 14.0. The van der Waals surface area contributed by atoms with E-state index in [1.54, 1.807) is 0 Å². The molecule has 0 atom stereocenters. The molecule has 0 saturated carbocycles. The SMILES string of the molecule is CC(C)(C)N(CC(=O)O)Cc1cc2ccccc2o1. The van der Waals surface area contributed by atoms with Crippen LogP contribution in [0.1, 0.15) is 26.5 Å². The van der Waals surface area contributed by atoms with Crippen molar-refractivity contribution in [2.45, 2.75) is 32.9 Å². The standard InChI is InChI=1S/C15H19NO3/c1-15(2,3)16(10-14(17)18)9-12-8-11-6-4-5-7-13(11)19-12/h4-8H,9-10H2,1-3H3,(H,17,18). The lowest BCUT2D eigenvalue weighted by molar-refractivity contribution is -0.140. The lowest BCUT2D eigenvalue weighted by Gasteiger charge is -2.33. The molecule has 4 nitrogen and oxygen atoms in total. The second kappa shape index (κ2) is 5.05. The van der Waals surface area contributed by atoms with E-state index in [2.05, 4.69) is 0 Å². The third-order valence-electron chi connectivity index (χ3n) is 3.10. The molecule has 0 aliphatic carbocycles. The van der Waals surface area contributed by atoms with Crippen molar-refractivity contribution in [3.8, 4) is 0 Å². The van der Waals surface area contributed by atoms with Crippen LogP contribution in [-0.2, 0) is 11.3 Å². The molecule has 102 valence electrons. The Labute approximate surface area is 112 Å². The van der Waals surface area contributed by atoms with E-state index in [0.29, 0.717) is 6.54 Å². The minimum absolute atomic E-state index is 0.000541. The van der Waals surface area contributed by atoms with Crippen LogP contribution in [0.25, 0.3) is 11.0 Å². The van der Waals surface area contributed by atoms with Gasteiger partial charge in [0.05, 0.1) is 13.1 Å². The molecule has 0 amide bonds. The highest BCUT2D eigenvalue weighted by atomic mass is 16.4. The third-order valence-corrected chi connectivity index (χ3v) is 3.10. The van der Waals surface area contributed by atoms with E-state index in [-0.39, 0.29) is 12.1 Å². The van der Waals surface area contributed by atoms with E-state index in [4.69, 9.17) is 9.52 Å². The van der Waals surface area contributed by atoms with Crippen molar-refractivity contribution in [1.29, 1.82) is 0 Å². The molecule has 2 rings (SSSR count). The van der Waals surface area contributed by atoms with Crippen molar-refractivity contribution in [3.05, 3.63) is 36.1 Å². The molecule has 0 aliphatic heterocycles. The predicted octanol–water partition coefficient (Wildman–Crippen LogP) is 3.12. The third kappa shape index (κ3) is 3.35. The van der Waals surface area contributed by atoms with Gasteiger partial charge in [0, 0.05) is 10.9 Å². The molecule has 0 bridgehead atoms. The molecule has 0 radical (unpaired) electrons. The van der Waals surface area contributed by atoms with Gasteiger partial charge in [0.25, 0.3) is 0 Å². The average molecular weight is 261 g/mol. The highest BCUT2D eigenvalue weighted by molar-refractivity contribution is 5.77. The van der Waals surface area contributed by atoms with Gasteiger partial charge in [-0.25, -0.2) is 0 Å². The number of benzene rings is 1. The van der Waals surface area contributed by atoms with E-state index >= 15 is 0 Å². The maximum atomic E-state index is 10.9. The largest absolute Gasteiger partial charge is 0.480 e. The zero-order valence-electron chi connectivity index (χ0n) is 11.5. The average Bonchev–Trinajstić information content (AvgIpc) is 2.68. The van der Waals surface area contributed by atoms with Gasteiger partial charge in [-0.2, -0.15) is 0 Å². The smallest absolute Gasteiger partial charge is 0.317 e. The lowest BCUT2D eigenvalue weighted by Crippen LogP contribution is -2.43. The van der Waals surface area contributed by atoms with Crippen molar-refractivity contribution < 1.29 is 14.3 Å². The highest BCUT2D eigenvalue weighted by Gasteiger charge is 2.24. The van der Waals surface area contributed by atoms with Gasteiger partial charge in [0.2, 0.25) is 0 Å². The van der Waals surface area contributed by atoms with E-state index in [9.17, 15) is 4.79 Å². The molecule has 0 spiro atoms. The van der Waals surface area contributed by atoms with Crippen molar-refractivity contribution in [2.24, 2.45) is 0 Å². The van der Waals surface area contributed by atoms with Crippen LogP contribution in [0.15, 0.2) is 34.7 Å². The highest BCUT2D eigenvalue weighted by Crippen LogP contribution is 2.23. The van der Waals surface area contributed by atoms with Crippen LogP contribution in [0.4, 0.5) is 0 Å². The Morgan fingerprint density at radius 3 is 2.58 bits per heavy atom. The topological polar surface area (TPSA) is 53.7 Å². The van der Waals surface area contributed by atoms with Crippen LogP contribution in [0, 0.1) is 0 Å². The zero-order valence-corrected chi connectivity index (χ0v) is 11.5. The summed E-state index contributed by atoms with van der Waals surface area (Å²) in [6, 6.07) is 9.75. The molecule has 0 aliphatic rings. The summed E-state index contributed by atoms with van der Waals surface area (Å²) < 4.78 is 5.74. The van der Waals surface area contributed by atoms with E-state index in [0.717, 1.165) is 16.7 Å². The summed E-state index contributed by atoms with van der Waals surface area (Å²) in [7, 11) is 0. The molecule has 1 heterocycles. The molecule has 19 heavy (non-hydrogen) atoms. The van der Waals surface area contributed by atoms with E-state index in [1.165, 1.54) is 0 Å². The number of aliphatic carboxylic acids is 1. The Hall–Kier alpha value is -1.81. The van der Waals surface area contributed by atoms with Crippen molar-refractivity contribution in [3.63, 3.8) is 0 Å². The maximum absolute atomic E-state index is 10.9. The first-order chi connectivity index (χ1) is 8.86. The van der Waals surface area contributed by atoms with Crippen LogP contribution in [0.3, 0.4) is 0 Å². The first-order valence-electron chi connectivity index (χ1n) is 6.30. The number of hydrogen-bond acceptors (Lipinski definition) is 3. The van der Waals surface area contributed by atoms with Crippen molar-refractivity contribution in [1.82, 2.24) is 4.90 Å². The number of para-hydroxylation sites is 1. The Balaban J connectivity index is 2.23. The van der Waals surface area contributed by atoms with Gasteiger partial charge in [0.15, 0.2) is 0 Å². The molecule has 0 unspecified atom stereocenters. The van der Waals surface area contributed by atoms with Crippen LogP contribution in [0.5, 0.6) is 0 Å². The minimum Gasteiger partial charge on any atom is -0.480 e. The molecule has 1 aromatic heterocycles. The predicted molar refractivity (Wildman–Crippen MR) is 74.0 cm³/mol. The monoisotopic (exact) mass is 261 g/mol. The number of rotatable bonds is 4. The van der Waals surface area contributed by atoms with Gasteiger partial charge >= 0.3 is 5.97 Å². The Kier molecular flexibility index (Phi) is 3.62. The van der Waals surface area contributed by atoms with Crippen molar-refractivity contribution in [2.75, 3.05) is 6.54 Å². The van der Waals surface area contributed by atoms with Crippen LogP contribution < -0.4 is 0 Å². The van der Waals surface area contributed by atoms with Gasteiger partial charge in [-0.15, -0.1) is 0 Å². The van der Waals surface area contributed by atoms with Crippen molar-refractivity contribution >= 4 is 16.9 Å². The molecular weight excluding hydrogens is 242 g/mol. The molecule has 4 heteroatoms. The Morgan fingerprint density at radius 1 is 1.32 bits per heavy atom. The minimum atomic E-state index is -0.828. The number of carboxylic acid groups (broad SMARTS) is 1. The summed E-state index contributed by atoms with van der Waals surface area (Å²) in [5.41, 5.74) is 0.610. The number of hydrogen-bond donors (Lipinski definition) is 1. The Morgan fingerprint density at radius 2 is 2.00 bits per heavy atom. The Bertz CT molecular complexity index is 547. The second-order valence-corrected chi connectivity index (χ2v) is 5.67. The van der Waals surface area contributed by atoms with E-state index in [1.807, 2.05) is 56.0 Å². The summed E-state index contributed by atoms with van der Waals surface area (Å²) in [5.74, 6) is -0.0385. The first kappa shape index (κ1) is 13.6. The summed E-state index contributed by atoms with van der Waals surface area (Å²) in [6.45, 7) is 6.49. The van der Waals surface area contributed by atoms with Gasteiger partial charge in [-0.3, -0.25) is 9.69 Å². The maximum Gasteiger partial charge on any atom is 0.317 e. The quantitative estimate of drug-likeness (QED) is 0.918. The van der Waals surface area contributed by atoms with Crippen LogP contribution in [-0.4, -0.2) is 28.1 Å². The second-order valence-electron chi connectivity index (χ2n) is 5.67. The fourth-order valence-corrected chi connectivity index (χ4v) is 2.00. The molecule has 0 fully saturated rings. The summed E-state index contributed by atoms with van der Waals surface area (Å²) >= 11 is 0. The molecular formula is C15H19NO3. The number of furan rings is 1. The summed E-state index contributed by atoms with van der Waals surface area (Å²) in [6.07, 6.45) is 0. The normalized spacial score (nSPS) is 12.2. The van der Waals surface area contributed by atoms with Gasteiger partial charge < -0.3 is 9.52 Å².